The molecule has 0 radical (unpaired) electrons. The SMILES string of the molecule is O=C(O)c1ccc(C2(F)CCSCC2)cc1. The zero-order valence-electron chi connectivity index (χ0n) is 8.78. The molecule has 1 heterocycles. The molecule has 1 saturated heterocycles. The first kappa shape index (κ1) is 11.5. The van der Waals surface area contributed by atoms with Crippen LogP contribution >= 0.6 is 11.8 Å². The first-order valence-corrected chi connectivity index (χ1v) is 6.38. The van der Waals surface area contributed by atoms with Gasteiger partial charge < -0.3 is 5.11 Å². The van der Waals surface area contributed by atoms with Gasteiger partial charge in [-0.3, -0.25) is 0 Å². The van der Waals surface area contributed by atoms with Crippen LogP contribution in [0.3, 0.4) is 0 Å². The molecule has 1 aromatic carbocycles. The molecule has 0 saturated carbocycles. The Bertz CT molecular complexity index is 383. The van der Waals surface area contributed by atoms with Gasteiger partial charge in [0, 0.05) is 0 Å². The Kier molecular flexibility index (Phi) is 3.19. The second-order valence-corrected chi connectivity index (χ2v) is 5.18. The van der Waals surface area contributed by atoms with Gasteiger partial charge >= 0.3 is 5.97 Å². The third-order valence-corrected chi connectivity index (χ3v) is 3.92. The molecule has 1 aromatic rings. The second kappa shape index (κ2) is 4.45. The number of carboxylic acid groups (broad SMARTS) is 1. The molecule has 2 rings (SSSR count). The second-order valence-electron chi connectivity index (χ2n) is 3.96. The average Bonchev–Trinajstić information content (AvgIpc) is 2.30. The summed E-state index contributed by atoms with van der Waals surface area (Å²) in [5.74, 6) is 0.688. The summed E-state index contributed by atoms with van der Waals surface area (Å²) in [7, 11) is 0. The van der Waals surface area contributed by atoms with Gasteiger partial charge in [-0.1, -0.05) is 12.1 Å². The van der Waals surface area contributed by atoms with Crippen molar-refractivity contribution in [3.8, 4) is 0 Å². The first-order chi connectivity index (χ1) is 7.62. The van der Waals surface area contributed by atoms with Crippen LogP contribution in [0.15, 0.2) is 24.3 Å². The minimum Gasteiger partial charge on any atom is -0.478 e. The van der Waals surface area contributed by atoms with E-state index in [0.29, 0.717) is 18.4 Å². The number of aromatic carboxylic acids is 1. The van der Waals surface area contributed by atoms with Crippen molar-refractivity contribution in [1.82, 2.24) is 0 Å². The molecule has 0 atom stereocenters. The summed E-state index contributed by atoms with van der Waals surface area (Å²) in [6, 6.07) is 6.14. The quantitative estimate of drug-likeness (QED) is 0.863. The summed E-state index contributed by atoms with van der Waals surface area (Å²) in [6.07, 6.45) is 1.04. The van der Waals surface area contributed by atoms with Gasteiger partial charge in [-0.05, 0) is 42.0 Å². The van der Waals surface area contributed by atoms with Gasteiger partial charge in [0.05, 0.1) is 5.56 Å². The van der Waals surface area contributed by atoms with E-state index in [1.54, 1.807) is 23.9 Å². The van der Waals surface area contributed by atoms with Crippen molar-refractivity contribution in [3.05, 3.63) is 35.4 Å². The van der Waals surface area contributed by atoms with E-state index in [1.165, 1.54) is 12.1 Å². The largest absolute Gasteiger partial charge is 0.478 e. The Hall–Kier alpha value is -1.03. The van der Waals surface area contributed by atoms with Crippen LogP contribution in [0.2, 0.25) is 0 Å². The number of carbonyl (C=O) groups is 1. The topological polar surface area (TPSA) is 37.3 Å². The van der Waals surface area contributed by atoms with Gasteiger partial charge in [-0.25, -0.2) is 9.18 Å². The van der Waals surface area contributed by atoms with Crippen LogP contribution < -0.4 is 0 Å². The van der Waals surface area contributed by atoms with Gasteiger partial charge in [0.1, 0.15) is 5.67 Å². The summed E-state index contributed by atoms with van der Waals surface area (Å²) >= 11 is 1.77. The van der Waals surface area contributed by atoms with E-state index in [9.17, 15) is 9.18 Å². The number of hydrogen-bond donors (Lipinski definition) is 1. The molecule has 86 valence electrons. The number of carboxylic acids is 1. The summed E-state index contributed by atoms with van der Waals surface area (Å²) in [4.78, 5) is 10.7. The Balaban J connectivity index is 2.23. The molecule has 1 N–H and O–H groups in total. The van der Waals surface area contributed by atoms with Gasteiger partial charge in [-0.15, -0.1) is 0 Å². The van der Waals surface area contributed by atoms with E-state index >= 15 is 0 Å². The Morgan fingerprint density at radius 1 is 1.25 bits per heavy atom. The highest BCUT2D eigenvalue weighted by Gasteiger charge is 2.33. The van der Waals surface area contributed by atoms with E-state index in [-0.39, 0.29) is 5.56 Å². The zero-order chi connectivity index (χ0) is 11.6. The maximum atomic E-state index is 14.5. The minimum atomic E-state index is -1.26. The standard InChI is InChI=1S/C12H13FO2S/c13-12(5-7-16-8-6-12)10-3-1-9(2-4-10)11(14)15/h1-4H,5-8H2,(H,14,15). The van der Waals surface area contributed by atoms with E-state index in [1.807, 2.05) is 0 Å². The van der Waals surface area contributed by atoms with Crippen LogP contribution in [-0.2, 0) is 5.67 Å². The smallest absolute Gasteiger partial charge is 0.335 e. The van der Waals surface area contributed by atoms with Crippen molar-refractivity contribution in [2.24, 2.45) is 0 Å². The molecular weight excluding hydrogens is 227 g/mol. The van der Waals surface area contributed by atoms with Gasteiger partial charge in [0.2, 0.25) is 0 Å². The average molecular weight is 240 g/mol. The maximum absolute atomic E-state index is 14.5. The molecule has 16 heavy (non-hydrogen) atoms. The van der Waals surface area contributed by atoms with Crippen LogP contribution in [-0.4, -0.2) is 22.6 Å². The van der Waals surface area contributed by atoms with E-state index in [2.05, 4.69) is 0 Å². The van der Waals surface area contributed by atoms with Gasteiger partial charge in [-0.2, -0.15) is 11.8 Å². The predicted molar refractivity (Wildman–Crippen MR) is 62.7 cm³/mol. The summed E-state index contributed by atoms with van der Waals surface area (Å²) < 4.78 is 14.5. The molecule has 2 nitrogen and oxygen atoms in total. The first-order valence-electron chi connectivity index (χ1n) is 5.22. The molecule has 0 unspecified atom stereocenters. The van der Waals surface area contributed by atoms with Crippen molar-refractivity contribution in [3.63, 3.8) is 0 Å². The molecule has 4 heteroatoms. The maximum Gasteiger partial charge on any atom is 0.335 e. The number of rotatable bonds is 2. The number of halogens is 1. The van der Waals surface area contributed by atoms with Gasteiger partial charge in [0.25, 0.3) is 0 Å². The van der Waals surface area contributed by atoms with Crippen molar-refractivity contribution in [2.45, 2.75) is 18.5 Å². The molecule has 1 fully saturated rings. The number of hydrogen-bond acceptors (Lipinski definition) is 2. The minimum absolute atomic E-state index is 0.206. The molecular formula is C12H13FO2S. The van der Waals surface area contributed by atoms with Crippen LogP contribution in [0.1, 0.15) is 28.8 Å². The van der Waals surface area contributed by atoms with Crippen molar-refractivity contribution in [2.75, 3.05) is 11.5 Å². The van der Waals surface area contributed by atoms with E-state index in [4.69, 9.17) is 5.11 Å². The Labute approximate surface area is 97.9 Å². The van der Waals surface area contributed by atoms with Crippen LogP contribution in [0, 0.1) is 0 Å². The van der Waals surface area contributed by atoms with Crippen molar-refractivity contribution in [1.29, 1.82) is 0 Å². The van der Waals surface area contributed by atoms with E-state index in [0.717, 1.165) is 11.5 Å². The summed E-state index contributed by atoms with van der Waals surface area (Å²) in [5, 5.41) is 8.75. The lowest BCUT2D eigenvalue weighted by Crippen LogP contribution is -2.25. The molecule has 1 aliphatic rings. The molecule has 0 aliphatic carbocycles. The number of thioether (sulfide) groups is 1. The molecule has 0 amide bonds. The predicted octanol–water partition coefficient (Wildman–Crippen LogP) is 3.08. The number of alkyl halides is 1. The monoisotopic (exact) mass is 240 g/mol. The highest BCUT2D eigenvalue weighted by molar-refractivity contribution is 7.99. The fraction of sp³-hybridized carbons (Fsp3) is 0.417. The third kappa shape index (κ3) is 2.21. The molecule has 0 bridgehead atoms. The Morgan fingerprint density at radius 2 is 1.81 bits per heavy atom. The highest BCUT2D eigenvalue weighted by Crippen LogP contribution is 2.39. The normalized spacial score (nSPS) is 19.3. The van der Waals surface area contributed by atoms with Crippen LogP contribution in [0.4, 0.5) is 4.39 Å². The van der Waals surface area contributed by atoms with Crippen LogP contribution in [0.25, 0.3) is 0 Å². The van der Waals surface area contributed by atoms with E-state index < -0.39 is 11.6 Å². The van der Waals surface area contributed by atoms with Crippen molar-refractivity contribution < 1.29 is 14.3 Å². The highest BCUT2D eigenvalue weighted by atomic mass is 32.2. The number of benzene rings is 1. The lowest BCUT2D eigenvalue weighted by atomic mass is 9.89. The zero-order valence-corrected chi connectivity index (χ0v) is 9.60. The molecule has 0 aromatic heterocycles. The molecule has 0 spiro atoms. The van der Waals surface area contributed by atoms with Crippen LogP contribution in [0.5, 0.6) is 0 Å². The van der Waals surface area contributed by atoms with Crippen molar-refractivity contribution >= 4 is 17.7 Å². The molecule has 1 aliphatic heterocycles. The lowest BCUT2D eigenvalue weighted by molar-refractivity contribution is 0.0696. The summed E-state index contributed by atoms with van der Waals surface area (Å²) in [6.45, 7) is 0. The van der Waals surface area contributed by atoms with Gasteiger partial charge in [0.15, 0.2) is 0 Å². The lowest BCUT2D eigenvalue weighted by Gasteiger charge is -2.29. The Morgan fingerprint density at radius 3 is 2.31 bits per heavy atom. The summed E-state index contributed by atoms with van der Waals surface area (Å²) in [5.41, 5.74) is -0.446. The fourth-order valence-corrected chi connectivity index (χ4v) is 3.04. The fourth-order valence-electron chi connectivity index (χ4n) is 1.90. The third-order valence-electron chi connectivity index (χ3n) is 2.93.